The molecule has 2 aliphatic heterocycles. The van der Waals surface area contributed by atoms with Crippen LogP contribution in [0.3, 0.4) is 0 Å². The number of fused-ring (bicyclic) bond motifs is 2. The Morgan fingerprint density at radius 2 is 1.95 bits per heavy atom. The van der Waals surface area contributed by atoms with Crippen LogP contribution in [0, 0.1) is 0 Å². The van der Waals surface area contributed by atoms with Crippen molar-refractivity contribution >= 4 is 21.7 Å². The first-order valence-corrected chi connectivity index (χ1v) is 13.6. The van der Waals surface area contributed by atoms with Gasteiger partial charge in [-0.25, -0.2) is 13.4 Å². The first kappa shape index (κ1) is 26.1. The average molecular weight is 551 g/mol. The highest BCUT2D eigenvalue weighted by molar-refractivity contribution is 7.89. The number of pyridine rings is 1. The van der Waals surface area contributed by atoms with E-state index in [2.05, 4.69) is 20.5 Å². The molecule has 1 aromatic carbocycles. The number of nitrogens with zero attached hydrogens (tertiary/aromatic N) is 5. The van der Waals surface area contributed by atoms with Crippen LogP contribution in [-0.4, -0.2) is 64.0 Å². The van der Waals surface area contributed by atoms with Crippen LogP contribution in [0.25, 0.3) is 11.5 Å². The summed E-state index contributed by atoms with van der Waals surface area (Å²) in [5.74, 6) is 0.529. The molecule has 3 aromatic rings. The van der Waals surface area contributed by atoms with Gasteiger partial charge in [0, 0.05) is 26.1 Å². The molecule has 0 unspecified atom stereocenters. The summed E-state index contributed by atoms with van der Waals surface area (Å²) >= 11 is 0. The minimum absolute atomic E-state index is 0.0466. The lowest BCUT2D eigenvalue weighted by molar-refractivity contribution is -0.130. The van der Waals surface area contributed by atoms with E-state index in [-0.39, 0.29) is 30.9 Å². The first-order valence-electron chi connectivity index (χ1n) is 12.0. The van der Waals surface area contributed by atoms with Gasteiger partial charge in [0.05, 0.1) is 24.8 Å². The van der Waals surface area contributed by atoms with Gasteiger partial charge in [-0.2, -0.15) is 17.5 Å². The van der Waals surface area contributed by atoms with Gasteiger partial charge in [0.2, 0.25) is 10.0 Å². The van der Waals surface area contributed by atoms with Crippen LogP contribution < -0.4 is 10.1 Å². The number of aryl methyl sites for hydroxylation is 1. The number of hydrogen-bond donors (Lipinski definition) is 1. The van der Waals surface area contributed by atoms with Crippen molar-refractivity contribution in [3.63, 3.8) is 0 Å². The fraction of sp³-hybridized carbons (Fsp3) is 0.417. The van der Waals surface area contributed by atoms with Crippen LogP contribution >= 0.6 is 0 Å². The number of ether oxygens (including phenoxy) is 1. The van der Waals surface area contributed by atoms with Crippen molar-refractivity contribution in [2.75, 3.05) is 24.7 Å². The number of benzene rings is 1. The Labute approximate surface area is 216 Å². The summed E-state index contributed by atoms with van der Waals surface area (Å²) < 4.78 is 71.3. The van der Waals surface area contributed by atoms with Crippen molar-refractivity contribution < 1.29 is 31.1 Å². The number of carbonyl (C=O) groups is 1. The molecular weight excluding hydrogens is 525 g/mol. The van der Waals surface area contributed by atoms with E-state index in [1.54, 1.807) is 24.3 Å². The summed E-state index contributed by atoms with van der Waals surface area (Å²) in [6.45, 7) is 0.710. The summed E-state index contributed by atoms with van der Waals surface area (Å²) in [6.07, 6.45) is -3.88. The molecule has 0 aliphatic carbocycles. The highest BCUT2D eigenvalue weighted by Gasteiger charge is 2.34. The van der Waals surface area contributed by atoms with Gasteiger partial charge >= 0.3 is 6.18 Å². The van der Waals surface area contributed by atoms with Gasteiger partial charge in [0.15, 0.2) is 5.82 Å². The number of methoxy groups -OCH3 is 1. The molecule has 0 saturated carbocycles. The molecule has 0 saturated heterocycles. The van der Waals surface area contributed by atoms with Crippen LogP contribution in [0.2, 0.25) is 0 Å². The number of amides is 1. The minimum atomic E-state index is -4.57. The quantitative estimate of drug-likeness (QED) is 0.480. The number of alkyl halides is 3. The van der Waals surface area contributed by atoms with Crippen LogP contribution in [0.1, 0.15) is 40.2 Å². The summed E-state index contributed by atoms with van der Waals surface area (Å²) in [4.78, 5) is 17.7. The average Bonchev–Trinajstić information content (AvgIpc) is 3.50. The molecule has 0 bridgehead atoms. The molecule has 1 amide bonds. The topological polar surface area (TPSA) is 119 Å². The first-order chi connectivity index (χ1) is 18.0. The number of sulfonamides is 1. The Morgan fingerprint density at radius 1 is 1.13 bits per heavy atom. The second kappa shape index (κ2) is 9.98. The zero-order valence-corrected chi connectivity index (χ0v) is 21.3. The third kappa shape index (κ3) is 5.36. The molecule has 0 fully saturated rings. The van der Waals surface area contributed by atoms with Crippen molar-refractivity contribution in [2.24, 2.45) is 0 Å². The van der Waals surface area contributed by atoms with Crippen LogP contribution in [-0.2, 0) is 36.0 Å². The van der Waals surface area contributed by atoms with Crippen molar-refractivity contribution in [2.45, 2.75) is 44.9 Å². The molecule has 202 valence electrons. The number of halogens is 3. The second-order valence-electron chi connectivity index (χ2n) is 9.14. The molecule has 0 atom stereocenters. The standard InChI is InChI=1S/C24H25F3N6O4S/c1-37-19-13-15-7-10-32(38(35,36)11-8-24(25,26)27)14-16(15)12-17(19)23(34)29-20-5-2-4-18(28-20)22-31-30-21-6-3-9-33(21)22/h2,4-5,12-13H,3,6-11,14H2,1H3,(H,28,29,34). The van der Waals surface area contributed by atoms with E-state index in [1.807, 2.05) is 4.57 Å². The minimum Gasteiger partial charge on any atom is -0.496 e. The Kier molecular flexibility index (Phi) is 6.86. The largest absolute Gasteiger partial charge is 0.496 e. The number of nitrogens with one attached hydrogen (secondary N) is 1. The summed E-state index contributed by atoms with van der Waals surface area (Å²) in [6, 6.07) is 8.32. The Hall–Kier alpha value is -3.52. The van der Waals surface area contributed by atoms with E-state index < -0.39 is 34.3 Å². The molecule has 14 heteroatoms. The molecule has 4 heterocycles. The lowest BCUT2D eigenvalue weighted by atomic mass is 9.97. The smallest absolute Gasteiger partial charge is 0.390 e. The van der Waals surface area contributed by atoms with Gasteiger partial charge in [-0.15, -0.1) is 10.2 Å². The molecular formula is C24H25F3N6O4S. The van der Waals surface area contributed by atoms with Gasteiger partial charge in [-0.05, 0) is 48.2 Å². The Bertz CT molecular complexity index is 1490. The van der Waals surface area contributed by atoms with E-state index >= 15 is 0 Å². The number of aromatic nitrogens is 4. The molecule has 1 N–H and O–H groups in total. The van der Waals surface area contributed by atoms with Gasteiger partial charge < -0.3 is 14.6 Å². The number of anilines is 1. The third-order valence-corrected chi connectivity index (χ3v) is 8.43. The maximum atomic E-state index is 13.2. The summed E-state index contributed by atoms with van der Waals surface area (Å²) in [5, 5.41) is 11.1. The molecule has 0 spiro atoms. The number of rotatable bonds is 7. The highest BCUT2D eigenvalue weighted by Crippen LogP contribution is 2.31. The normalized spacial score (nSPS) is 15.7. The summed E-state index contributed by atoms with van der Waals surface area (Å²) in [5.41, 5.74) is 2.00. The van der Waals surface area contributed by atoms with Crippen molar-refractivity contribution in [1.82, 2.24) is 24.1 Å². The SMILES string of the molecule is COc1cc2c(cc1C(=O)Nc1cccc(-c3nnc4n3CCC4)n1)CN(S(=O)(=O)CCC(F)(F)F)CC2. The van der Waals surface area contributed by atoms with E-state index in [1.165, 1.54) is 13.2 Å². The predicted octanol–water partition coefficient (Wildman–Crippen LogP) is 3.19. The maximum absolute atomic E-state index is 13.2. The van der Waals surface area contributed by atoms with Crippen molar-refractivity contribution in [1.29, 1.82) is 0 Å². The fourth-order valence-electron chi connectivity index (χ4n) is 4.67. The molecule has 10 nitrogen and oxygen atoms in total. The van der Waals surface area contributed by atoms with E-state index in [4.69, 9.17) is 4.74 Å². The fourth-order valence-corrected chi connectivity index (χ4v) is 6.12. The number of carbonyl (C=O) groups excluding carboxylic acids is 1. The van der Waals surface area contributed by atoms with Crippen molar-refractivity contribution in [3.8, 4) is 17.3 Å². The lowest BCUT2D eigenvalue weighted by Gasteiger charge is -2.29. The molecule has 0 radical (unpaired) electrons. The monoisotopic (exact) mass is 550 g/mol. The van der Waals surface area contributed by atoms with Crippen LogP contribution in [0.5, 0.6) is 5.75 Å². The van der Waals surface area contributed by atoms with Crippen LogP contribution in [0.4, 0.5) is 19.0 Å². The molecule has 38 heavy (non-hydrogen) atoms. The van der Waals surface area contributed by atoms with Gasteiger partial charge in [0.25, 0.3) is 5.91 Å². The lowest BCUT2D eigenvalue weighted by Crippen LogP contribution is -2.38. The maximum Gasteiger partial charge on any atom is 0.390 e. The highest BCUT2D eigenvalue weighted by atomic mass is 32.2. The predicted molar refractivity (Wildman–Crippen MR) is 131 cm³/mol. The van der Waals surface area contributed by atoms with Gasteiger partial charge in [0.1, 0.15) is 23.1 Å². The van der Waals surface area contributed by atoms with E-state index in [9.17, 15) is 26.4 Å². The van der Waals surface area contributed by atoms with Crippen LogP contribution in [0.15, 0.2) is 30.3 Å². The number of hydrogen-bond acceptors (Lipinski definition) is 7. The zero-order valence-electron chi connectivity index (χ0n) is 20.5. The third-order valence-electron chi connectivity index (χ3n) is 6.61. The molecule has 5 rings (SSSR count). The van der Waals surface area contributed by atoms with E-state index in [0.717, 1.165) is 35.1 Å². The molecule has 2 aliphatic rings. The summed E-state index contributed by atoms with van der Waals surface area (Å²) in [7, 11) is -2.71. The zero-order chi connectivity index (χ0) is 27.1. The second-order valence-corrected chi connectivity index (χ2v) is 11.2. The Balaban J connectivity index is 1.36. The Morgan fingerprint density at radius 3 is 2.71 bits per heavy atom. The van der Waals surface area contributed by atoms with Gasteiger partial charge in [-0.1, -0.05) is 6.07 Å². The van der Waals surface area contributed by atoms with Gasteiger partial charge in [-0.3, -0.25) is 4.79 Å². The van der Waals surface area contributed by atoms with Crippen molar-refractivity contribution in [3.05, 3.63) is 52.8 Å². The molecule has 2 aromatic heterocycles. The van der Waals surface area contributed by atoms with E-state index in [0.29, 0.717) is 22.8 Å².